The van der Waals surface area contributed by atoms with Gasteiger partial charge in [-0.2, -0.15) is 10.1 Å². The highest BCUT2D eigenvalue weighted by atomic mass is 16.5. The Morgan fingerprint density at radius 1 is 0.829 bits per heavy atom. The third-order valence-corrected chi connectivity index (χ3v) is 5.54. The van der Waals surface area contributed by atoms with E-state index < -0.39 is 0 Å². The lowest BCUT2D eigenvalue weighted by atomic mass is 10.2. The van der Waals surface area contributed by atoms with E-state index in [2.05, 4.69) is 42.8 Å². The zero-order valence-corrected chi connectivity index (χ0v) is 19.5. The lowest BCUT2D eigenvalue weighted by Gasteiger charge is -2.11. The van der Waals surface area contributed by atoms with Crippen LogP contribution < -0.4 is 20.1 Å². The first-order chi connectivity index (χ1) is 17.2. The molecule has 0 spiro atoms. The summed E-state index contributed by atoms with van der Waals surface area (Å²) < 4.78 is 12.6. The predicted molar refractivity (Wildman–Crippen MR) is 135 cm³/mol. The van der Waals surface area contributed by atoms with Gasteiger partial charge >= 0.3 is 0 Å². The fraction of sp³-hybridized carbons (Fsp3) is 0.154. The molecular weight excluding hydrogens is 442 g/mol. The number of rotatable bonds is 9. The second-order valence-electron chi connectivity index (χ2n) is 7.86. The lowest BCUT2D eigenvalue weighted by Crippen LogP contribution is -2.06. The van der Waals surface area contributed by atoms with E-state index in [0.717, 1.165) is 28.7 Å². The number of hydrogen-bond donors (Lipinski definition) is 2. The molecule has 5 aromatic rings. The summed E-state index contributed by atoms with van der Waals surface area (Å²) in [4.78, 5) is 13.0. The fourth-order valence-corrected chi connectivity index (χ4v) is 3.79. The normalized spacial score (nSPS) is 10.8. The summed E-state index contributed by atoms with van der Waals surface area (Å²) in [6, 6.07) is 22.1. The molecule has 3 aromatic carbocycles. The number of hydrogen-bond acceptors (Lipinski definition) is 8. The Labute approximate surface area is 202 Å². The molecule has 0 aliphatic carbocycles. The van der Waals surface area contributed by atoms with E-state index in [1.54, 1.807) is 14.2 Å². The monoisotopic (exact) mass is 467 g/mol. The Balaban J connectivity index is 1.26. The molecule has 0 unspecified atom stereocenters. The minimum absolute atomic E-state index is 0.450. The van der Waals surface area contributed by atoms with Crippen molar-refractivity contribution in [1.29, 1.82) is 0 Å². The molecule has 5 rings (SSSR count). The van der Waals surface area contributed by atoms with Gasteiger partial charge in [0.2, 0.25) is 11.9 Å². The standard InChI is InChI=1S/C26H25N7O2/c1-34-23-11-8-19(12-24(23)35-2)14-27-25-28-17-29-26(32-25)31-21-9-10-22-20(13-21)15-30-33(22)16-18-6-4-3-5-7-18/h3-13,15,17H,14,16H2,1-2H3,(H2,27,28,29,31,32). The van der Waals surface area contributed by atoms with Crippen molar-refractivity contribution in [2.75, 3.05) is 24.9 Å². The SMILES string of the molecule is COc1ccc(CNc2ncnc(Nc3ccc4c(cnn4Cc4ccccc4)c3)n2)cc1OC. The van der Waals surface area contributed by atoms with E-state index >= 15 is 0 Å². The summed E-state index contributed by atoms with van der Waals surface area (Å²) >= 11 is 0. The van der Waals surface area contributed by atoms with Gasteiger partial charge < -0.3 is 20.1 Å². The van der Waals surface area contributed by atoms with E-state index in [9.17, 15) is 0 Å². The molecule has 2 N–H and O–H groups in total. The number of aromatic nitrogens is 5. The van der Waals surface area contributed by atoms with Gasteiger partial charge in [0.05, 0.1) is 32.5 Å². The van der Waals surface area contributed by atoms with Crippen molar-refractivity contribution < 1.29 is 9.47 Å². The fourth-order valence-electron chi connectivity index (χ4n) is 3.79. The Hall–Kier alpha value is -4.66. The smallest absolute Gasteiger partial charge is 0.231 e. The number of nitrogens with one attached hydrogen (secondary N) is 2. The highest BCUT2D eigenvalue weighted by molar-refractivity contribution is 5.83. The minimum atomic E-state index is 0.450. The zero-order chi connectivity index (χ0) is 24.0. The second-order valence-corrected chi connectivity index (χ2v) is 7.86. The topological polar surface area (TPSA) is 99.0 Å². The van der Waals surface area contributed by atoms with Crippen LogP contribution in [-0.2, 0) is 13.1 Å². The van der Waals surface area contributed by atoms with Crippen LogP contribution in [0.1, 0.15) is 11.1 Å². The number of fused-ring (bicyclic) bond motifs is 1. The molecule has 2 aromatic heterocycles. The summed E-state index contributed by atoms with van der Waals surface area (Å²) in [5.41, 5.74) is 4.15. The quantitative estimate of drug-likeness (QED) is 0.323. The number of anilines is 3. The van der Waals surface area contributed by atoms with Crippen LogP contribution in [0.25, 0.3) is 10.9 Å². The van der Waals surface area contributed by atoms with Gasteiger partial charge in [0.15, 0.2) is 11.5 Å². The van der Waals surface area contributed by atoms with E-state index in [4.69, 9.17) is 9.47 Å². The molecule has 0 amide bonds. The van der Waals surface area contributed by atoms with Gasteiger partial charge in [0, 0.05) is 17.6 Å². The summed E-state index contributed by atoms with van der Waals surface area (Å²) in [5.74, 6) is 2.28. The maximum absolute atomic E-state index is 5.37. The molecule has 0 aliphatic heterocycles. The lowest BCUT2D eigenvalue weighted by molar-refractivity contribution is 0.354. The van der Waals surface area contributed by atoms with E-state index in [1.807, 2.05) is 65.5 Å². The van der Waals surface area contributed by atoms with Crippen molar-refractivity contribution in [2.45, 2.75) is 13.1 Å². The first kappa shape index (κ1) is 22.1. The van der Waals surface area contributed by atoms with E-state index in [0.29, 0.717) is 29.9 Å². The van der Waals surface area contributed by atoms with Crippen molar-refractivity contribution in [1.82, 2.24) is 24.7 Å². The Morgan fingerprint density at radius 3 is 2.49 bits per heavy atom. The van der Waals surface area contributed by atoms with Gasteiger partial charge in [-0.25, -0.2) is 9.97 Å². The van der Waals surface area contributed by atoms with E-state index in [1.165, 1.54) is 11.9 Å². The van der Waals surface area contributed by atoms with Crippen LogP contribution in [0.5, 0.6) is 11.5 Å². The zero-order valence-electron chi connectivity index (χ0n) is 19.5. The second kappa shape index (κ2) is 10.1. The number of ether oxygens (including phenoxy) is 2. The molecule has 0 atom stereocenters. The minimum Gasteiger partial charge on any atom is -0.493 e. The van der Waals surface area contributed by atoms with Crippen molar-refractivity contribution >= 4 is 28.5 Å². The van der Waals surface area contributed by atoms with Crippen LogP contribution in [0.4, 0.5) is 17.6 Å². The average molecular weight is 468 g/mol. The molecule has 176 valence electrons. The van der Waals surface area contributed by atoms with Gasteiger partial charge in [-0.3, -0.25) is 4.68 Å². The molecule has 0 saturated heterocycles. The molecule has 0 aliphatic rings. The van der Waals surface area contributed by atoms with Gasteiger partial charge in [0.1, 0.15) is 6.33 Å². The van der Waals surface area contributed by atoms with Gasteiger partial charge in [0.25, 0.3) is 0 Å². The highest BCUT2D eigenvalue weighted by Crippen LogP contribution is 2.28. The molecule has 0 saturated carbocycles. The molecule has 0 bridgehead atoms. The summed E-state index contributed by atoms with van der Waals surface area (Å²) in [6.07, 6.45) is 3.34. The average Bonchev–Trinajstić information content (AvgIpc) is 3.29. The van der Waals surface area contributed by atoms with Crippen LogP contribution >= 0.6 is 0 Å². The number of nitrogens with zero attached hydrogens (tertiary/aromatic N) is 5. The van der Waals surface area contributed by atoms with E-state index in [-0.39, 0.29) is 0 Å². The first-order valence-electron chi connectivity index (χ1n) is 11.1. The third kappa shape index (κ3) is 5.14. The van der Waals surface area contributed by atoms with Gasteiger partial charge in [-0.15, -0.1) is 0 Å². The molecular formula is C26H25N7O2. The van der Waals surface area contributed by atoms with Crippen LogP contribution in [0.3, 0.4) is 0 Å². The molecule has 0 fully saturated rings. The van der Waals surface area contributed by atoms with Crippen molar-refractivity contribution in [3.8, 4) is 11.5 Å². The summed E-state index contributed by atoms with van der Waals surface area (Å²) in [5, 5.41) is 12.1. The Bertz CT molecular complexity index is 1440. The van der Waals surface area contributed by atoms with Crippen LogP contribution in [0.2, 0.25) is 0 Å². The highest BCUT2D eigenvalue weighted by Gasteiger charge is 2.08. The van der Waals surface area contributed by atoms with Crippen LogP contribution in [0.15, 0.2) is 79.3 Å². The number of methoxy groups -OCH3 is 2. The van der Waals surface area contributed by atoms with Crippen LogP contribution in [0, 0.1) is 0 Å². The largest absolute Gasteiger partial charge is 0.493 e. The van der Waals surface area contributed by atoms with Gasteiger partial charge in [-0.1, -0.05) is 36.4 Å². The molecule has 0 radical (unpaired) electrons. The van der Waals surface area contributed by atoms with Crippen LogP contribution in [-0.4, -0.2) is 39.0 Å². The molecule has 9 nitrogen and oxygen atoms in total. The maximum Gasteiger partial charge on any atom is 0.231 e. The third-order valence-electron chi connectivity index (χ3n) is 5.54. The molecule has 35 heavy (non-hydrogen) atoms. The first-order valence-corrected chi connectivity index (χ1v) is 11.1. The van der Waals surface area contributed by atoms with Crippen molar-refractivity contribution in [3.05, 3.63) is 90.4 Å². The van der Waals surface area contributed by atoms with Crippen molar-refractivity contribution in [2.24, 2.45) is 0 Å². The van der Waals surface area contributed by atoms with Gasteiger partial charge in [-0.05, 0) is 41.5 Å². The molecule has 9 heteroatoms. The molecule has 2 heterocycles. The Morgan fingerprint density at radius 2 is 1.66 bits per heavy atom. The number of benzene rings is 3. The predicted octanol–water partition coefficient (Wildman–Crippen LogP) is 4.64. The maximum atomic E-state index is 5.37. The van der Waals surface area contributed by atoms with Crippen molar-refractivity contribution in [3.63, 3.8) is 0 Å². The Kier molecular flexibility index (Phi) is 6.38. The summed E-state index contributed by atoms with van der Waals surface area (Å²) in [6.45, 7) is 1.25. The summed E-state index contributed by atoms with van der Waals surface area (Å²) in [7, 11) is 3.23.